The number of anilines is 1. The predicted molar refractivity (Wildman–Crippen MR) is 57.7 cm³/mol. The van der Waals surface area contributed by atoms with Crippen molar-refractivity contribution in [1.29, 1.82) is 0 Å². The summed E-state index contributed by atoms with van der Waals surface area (Å²) in [5.74, 6) is 0. The Bertz CT molecular complexity index is 384. The van der Waals surface area contributed by atoms with E-state index in [9.17, 15) is 18.3 Å². The largest absolute Gasteiger partial charge is 0.416 e. The molecule has 1 aliphatic rings. The minimum Gasteiger partial charge on any atom is -0.393 e. The fourth-order valence-corrected chi connectivity index (χ4v) is 1.93. The first-order chi connectivity index (χ1) is 7.97. The average Bonchev–Trinajstić information content (AvgIpc) is 2.29. The molecule has 0 unspecified atom stereocenters. The Morgan fingerprint density at radius 3 is 2.47 bits per heavy atom. The normalized spacial score (nSPS) is 18.5. The maximum atomic E-state index is 12.5. The topological polar surface area (TPSA) is 23.5 Å². The Morgan fingerprint density at radius 2 is 1.88 bits per heavy atom. The number of rotatable bonds is 1. The molecular weight excluding hydrogens is 231 g/mol. The molecule has 0 amide bonds. The molecule has 2 rings (SSSR count). The van der Waals surface area contributed by atoms with Gasteiger partial charge in [0.2, 0.25) is 0 Å². The van der Waals surface area contributed by atoms with Crippen LogP contribution in [0.5, 0.6) is 0 Å². The molecule has 0 spiro atoms. The molecule has 0 aromatic heterocycles. The third kappa shape index (κ3) is 2.91. The number of aliphatic hydroxyl groups is 1. The minimum atomic E-state index is -4.33. The maximum Gasteiger partial charge on any atom is 0.416 e. The second kappa shape index (κ2) is 4.56. The van der Waals surface area contributed by atoms with E-state index in [4.69, 9.17) is 0 Å². The number of hydrogen-bond acceptors (Lipinski definition) is 2. The molecule has 1 radical (unpaired) electrons. The van der Waals surface area contributed by atoms with E-state index in [0.717, 1.165) is 12.1 Å². The summed E-state index contributed by atoms with van der Waals surface area (Å²) >= 11 is 0. The van der Waals surface area contributed by atoms with Gasteiger partial charge in [0.25, 0.3) is 0 Å². The van der Waals surface area contributed by atoms with Crippen LogP contribution in [0.4, 0.5) is 18.9 Å². The Labute approximate surface area is 97.7 Å². The number of halogens is 3. The SMILES string of the molecule is OC1CCN(c2c[c]cc(C(F)(F)F)c2)CC1. The van der Waals surface area contributed by atoms with Crippen molar-refractivity contribution < 1.29 is 18.3 Å². The smallest absolute Gasteiger partial charge is 0.393 e. The number of benzene rings is 1. The third-order valence-electron chi connectivity index (χ3n) is 2.93. The molecular formula is C12H13F3NO. The molecule has 0 aliphatic carbocycles. The van der Waals surface area contributed by atoms with Gasteiger partial charge in [-0.25, -0.2) is 0 Å². The lowest BCUT2D eigenvalue weighted by molar-refractivity contribution is -0.137. The Morgan fingerprint density at radius 1 is 1.24 bits per heavy atom. The predicted octanol–water partition coefficient (Wildman–Crippen LogP) is 2.47. The highest BCUT2D eigenvalue weighted by molar-refractivity contribution is 5.49. The zero-order chi connectivity index (χ0) is 12.5. The summed E-state index contributed by atoms with van der Waals surface area (Å²) in [7, 11) is 0. The number of alkyl halides is 3. The summed E-state index contributed by atoms with van der Waals surface area (Å²) in [5.41, 5.74) is -0.159. The van der Waals surface area contributed by atoms with Crippen LogP contribution in [-0.2, 0) is 6.18 Å². The van der Waals surface area contributed by atoms with Gasteiger partial charge < -0.3 is 10.0 Å². The lowest BCUT2D eigenvalue weighted by atomic mass is 10.1. The lowest BCUT2D eigenvalue weighted by Crippen LogP contribution is -2.35. The zero-order valence-electron chi connectivity index (χ0n) is 9.17. The van der Waals surface area contributed by atoms with E-state index < -0.39 is 11.7 Å². The van der Waals surface area contributed by atoms with Crippen LogP contribution in [0.25, 0.3) is 0 Å². The molecule has 1 aliphatic heterocycles. The molecule has 5 heteroatoms. The summed E-state index contributed by atoms with van der Waals surface area (Å²) in [6, 6.07) is 6.15. The van der Waals surface area contributed by atoms with Gasteiger partial charge in [-0.1, -0.05) is 0 Å². The Hall–Kier alpha value is -1.23. The number of nitrogens with zero attached hydrogens (tertiary/aromatic N) is 1. The van der Waals surface area contributed by atoms with Gasteiger partial charge in [-0.15, -0.1) is 0 Å². The number of piperidine rings is 1. The highest BCUT2D eigenvalue weighted by atomic mass is 19.4. The van der Waals surface area contributed by atoms with Gasteiger partial charge in [0.05, 0.1) is 11.7 Å². The van der Waals surface area contributed by atoms with Crippen molar-refractivity contribution in [3.05, 3.63) is 29.8 Å². The van der Waals surface area contributed by atoms with Crippen LogP contribution in [0, 0.1) is 6.07 Å². The quantitative estimate of drug-likeness (QED) is 0.820. The van der Waals surface area contributed by atoms with Crippen LogP contribution in [-0.4, -0.2) is 24.3 Å². The second-order valence-electron chi connectivity index (χ2n) is 4.20. The highest BCUT2D eigenvalue weighted by Crippen LogP contribution is 2.32. The first kappa shape index (κ1) is 12.2. The standard InChI is InChI=1S/C12H13F3NO/c13-12(14,15)9-2-1-3-10(8-9)16-6-4-11(17)5-7-16/h2-3,8,11,17H,4-7H2. The maximum absolute atomic E-state index is 12.5. The van der Waals surface area contributed by atoms with Crippen molar-refractivity contribution in [2.45, 2.75) is 25.1 Å². The van der Waals surface area contributed by atoms with Crippen molar-refractivity contribution in [2.75, 3.05) is 18.0 Å². The van der Waals surface area contributed by atoms with Crippen LogP contribution >= 0.6 is 0 Å². The van der Waals surface area contributed by atoms with Gasteiger partial charge in [-0.3, -0.25) is 0 Å². The van der Waals surface area contributed by atoms with E-state index in [0.29, 0.717) is 31.6 Å². The van der Waals surface area contributed by atoms with Crippen molar-refractivity contribution >= 4 is 5.69 Å². The summed E-state index contributed by atoms with van der Waals surface area (Å²) in [4.78, 5) is 1.85. The molecule has 0 saturated carbocycles. The van der Waals surface area contributed by atoms with Crippen molar-refractivity contribution in [3.63, 3.8) is 0 Å². The molecule has 93 valence electrons. The van der Waals surface area contributed by atoms with Gasteiger partial charge in [0.1, 0.15) is 0 Å². The first-order valence-corrected chi connectivity index (χ1v) is 5.48. The fraction of sp³-hybridized carbons (Fsp3) is 0.500. The van der Waals surface area contributed by atoms with Gasteiger partial charge in [-0.05, 0) is 37.1 Å². The van der Waals surface area contributed by atoms with Crippen LogP contribution in [0.1, 0.15) is 18.4 Å². The molecule has 1 aromatic carbocycles. The highest BCUT2D eigenvalue weighted by Gasteiger charge is 2.31. The van der Waals surface area contributed by atoms with E-state index >= 15 is 0 Å². The Kier molecular flexibility index (Phi) is 3.28. The van der Waals surface area contributed by atoms with Crippen LogP contribution in [0.15, 0.2) is 18.2 Å². The molecule has 17 heavy (non-hydrogen) atoms. The first-order valence-electron chi connectivity index (χ1n) is 5.48. The van der Waals surface area contributed by atoms with Crippen LogP contribution < -0.4 is 4.90 Å². The van der Waals surface area contributed by atoms with Gasteiger partial charge >= 0.3 is 6.18 Å². The fourth-order valence-electron chi connectivity index (χ4n) is 1.93. The van der Waals surface area contributed by atoms with E-state index in [1.807, 2.05) is 4.90 Å². The lowest BCUT2D eigenvalue weighted by Gasteiger charge is -2.31. The third-order valence-corrected chi connectivity index (χ3v) is 2.93. The van der Waals surface area contributed by atoms with E-state index in [-0.39, 0.29) is 6.10 Å². The van der Waals surface area contributed by atoms with E-state index in [2.05, 4.69) is 6.07 Å². The van der Waals surface area contributed by atoms with Crippen molar-refractivity contribution in [1.82, 2.24) is 0 Å². The molecule has 1 saturated heterocycles. The molecule has 2 nitrogen and oxygen atoms in total. The average molecular weight is 244 g/mol. The summed E-state index contributed by atoms with van der Waals surface area (Å²) < 4.78 is 37.6. The minimum absolute atomic E-state index is 0.332. The van der Waals surface area contributed by atoms with Gasteiger partial charge in [0, 0.05) is 18.8 Å². The van der Waals surface area contributed by atoms with Gasteiger partial charge in [-0.2, -0.15) is 13.2 Å². The molecule has 1 aromatic rings. The number of aliphatic hydroxyl groups excluding tert-OH is 1. The van der Waals surface area contributed by atoms with Gasteiger partial charge in [0.15, 0.2) is 0 Å². The van der Waals surface area contributed by atoms with Crippen molar-refractivity contribution in [3.8, 4) is 0 Å². The molecule has 0 atom stereocenters. The van der Waals surface area contributed by atoms with E-state index in [1.165, 1.54) is 0 Å². The number of hydrogen-bond donors (Lipinski definition) is 1. The van der Waals surface area contributed by atoms with E-state index in [1.54, 1.807) is 6.07 Å². The zero-order valence-corrected chi connectivity index (χ0v) is 9.17. The van der Waals surface area contributed by atoms with Crippen molar-refractivity contribution in [2.24, 2.45) is 0 Å². The summed E-state index contributed by atoms with van der Waals surface area (Å²) in [5, 5.41) is 9.34. The Balaban J connectivity index is 2.16. The van der Waals surface area contributed by atoms with Crippen LogP contribution in [0.3, 0.4) is 0 Å². The monoisotopic (exact) mass is 244 g/mol. The second-order valence-corrected chi connectivity index (χ2v) is 4.20. The molecule has 1 heterocycles. The summed E-state index contributed by atoms with van der Waals surface area (Å²) in [6.07, 6.45) is -3.48. The summed E-state index contributed by atoms with van der Waals surface area (Å²) in [6.45, 7) is 1.16. The molecule has 0 bridgehead atoms. The molecule has 1 N–H and O–H groups in total. The van der Waals surface area contributed by atoms with Crippen LogP contribution in [0.2, 0.25) is 0 Å². The molecule has 1 fully saturated rings.